The van der Waals surface area contributed by atoms with Gasteiger partial charge in [0.15, 0.2) is 5.78 Å². The van der Waals surface area contributed by atoms with E-state index in [9.17, 15) is 14.9 Å². The summed E-state index contributed by atoms with van der Waals surface area (Å²) in [7, 11) is 0. The first-order valence-corrected chi connectivity index (χ1v) is 12.5. The number of benzene rings is 2. The molecule has 4 nitrogen and oxygen atoms in total. The Morgan fingerprint density at radius 3 is 2.36 bits per heavy atom. The molecule has 4 atom stereocenters. The van der Waals surface area contributed by atoms with Crippen LogP contribution in [0.15, 0.2) is 36.4 Å². The molecular weight excluding hydrogens is 523 g/mol. The van der Waals surface area contributed by atoms with Gasteiger partial charge in [-0.2, -0.15) is 5.26 Å². The van der Waals surface area contributed by atoms with Crippen LogP contribution in [0.1, 0.15) is 56.2 Å². The van der Waals surface area contributed by atoms with Crippen LogP contribution in [0.2, 0.25) is 10.0 Å². The molecule has 0 spiro atoms. The molecule has 0 saturated heterocycles. The predicted octanol–water partition coefficient (Wildman–Crippen LogP) is 7.05. The Balaban J connectivity index is 1.67. The monoisotopic (exact) mass is 546 g/mol. The highest BCUT2D eigenvalue weighted by atomic mass is 79.9. The number of ketones is 1. The van der Waals surface area contributed by atoms with E-state index in [0.29, 0.717) is 34.1 Å². The smallest absolute Gasteiger partial charge is 0.232 e. The molecule has 0 heterocycles. The average Bonchev–Trinajstić information content (AvgIpc) is 3.04. The Labute approximate surface area is 212 Å². The molecule has 1 amide bonds. The number of hydrogen-bond acceptors (Lipinski definition) is 3. The van der Waals surface area contributed by atoms with E-state index in [4.69, 9.17) is 23.2 Å². The van der Waals surface area contributed by atoms with Gasteiger partial charge in [0.2, 0.25) is 5.91 Å². The molecule has 2 bridgehead atoms. The molecule has 2 aromatic carbocycles. The number of nitrogens with zero attached hydrogens (tertiary/aromatic N) is 1. The van der Waals surface area contributed by atoms with E-state index in [-0.39, 0.29) is 11.7 Å². The summed E-state index contributed by atoms with van der Waals surface area (Å²) in [6.07, 6.45) is 1.33. The zero-order valence-electron chi connectivity index (χ0n) is 18.9. The van der Waals surface area contributed by atoms with Crippen LogP contribution >= 0.6 is 39.1 Å². The molecule has 0 aromatic heterocycles. The van der Waals surface area contributed by atoms with Crippen molar-refractivity contribution in [3.8, 4) is 6.07 Å². The maximum absolute atomic E-state index is 13.7. The van der Waals surface area contributed by atoms with Gasteiger partial charge in [-0.25, -0.2) is 0 Å². The van der Waals surface area contributed by atoms with Crippen LogP contribution in [0, 0.1) is 34.5 Å². The molecule has 2 aliphatic rings. The number of carbonyl (C=O) groups is 2. The van der Waals surface area contributed by atoms with Gasteiger partial charge in [-0.15, -0.1) is 0 Å². The van der Waals surface area contributed by atoms with Crippen molar-refractivity contribution in [2.24, 2.45) is 16.2 Å². The molecule has 7 heteroatoms. The summed E-state index contributed by atoms with van der Waals surface area (Å²) in [5.41, 5.74) is 0.966. The quantitative estimate of drug-likeness (QED) is 0.417. The van der Waals surface area contributed by atoms with Gasteiger partial charge in [-0.3, -0.25) is 9.59 Å². The lowest BCUT2D eigenvalue weighted by molar-refractivity contribution is -0.130. The van der Waals surface area contributed by atoms with Crippen LogP contribution in [0.5, 0.6) is 0 Å². The summed E-state index contributed by atoms with van der Waals surface area (Å²) in [6, 6.07) is 13.0. The van der Waals surface area contributed by atoms with Crippen LogP contribution in [0.3, 0.4) is 0 Å². The maximum atomic E-state index is 13.7. The van der Waals surface area contributed by atoms with E-state index >= 15 is 0 Å². The minimum Gasteiger partial charge on any atom is -0.325 e. The number of Topliss-reactive ketones (excluding diaryl/α,β-unsaturated/α-hetero) is 1. The minimum atomic E-state index is -0.838. The first-order chi connectivity index (χ1) is 15.4. The van der Waals surface area contributed by atoms with Crippen molar-refractivity contribution in [3.63, 3.8) is 0 Å². The average molecular weight is 548 g/mol. The molecule has 1 N–H and O–H groups in total. The first kappa shape index (κ1) is 24.3. The molecule has 2 aliphatic carbocycles. The summed E-state index contributed by atoms with van der Waals surface area (Å²) in [5, 5.41) is 13.9. The number of alkyl halides is 1. The lowest BCUT2D eigenvalue weighted by atomic mass is 9.64. The molecule has 172 valence electrons. The summed E-state index contributed by atoms with van der Waals surface area (Å²) in [4.78, 5) is 26.2. The topological polar surface area (TPSA) is 70.0 Å². The zero-order chi connectivity index (χ0) is 24.3. The zero-order valence-corrected chi connectivity index (χ0v) is 22.0. The Bertz CT molecular complexity index is 1200. The van der Waals surface area contributed by atoms with Crippen LogP contribution in [0.4, 0.5) is 5.69 Å². The fourth-order valence-electron chi connectivity index (χ4n) is 5.73. The predicted molar refractivity (Wildman–Crippen MR) is 135 cm³/mol. The van der Waals surface area contributed by atoms with Gasteiger partial charge in [0.1, 0.15) is 0 Å². The number of aryl methyl sites for hydroxylation is 1. The third kappa shape index (κ3) is 3.29. The highest BCUT2D eigenvalue weighted by Crippen LogP contribution is 2.72. The molecule has 2 aromatic rings. The number of halogens is 3. The van der Waals surface area contributed by atoms with Gasteiger partial charge in [0, 0.05) is 21.1 Å². The third-order valence-electron chi connectivity index (χ3n) is 8.36. The number of carbonyl (C=O) groups excluding carboxylic acids is 2. The standard InChI is InChI=1S/C26H25BrCl2N2O2/c1-14-11-17(18(13-30)15-5-7-16(28)8-6-15)19(29)12-20(14)31-23(33)26-10-9-25(4,24(26,2)3)22(32)21(26)27/h5-8,11-12,18,21H,9-10H2,1-4H3,(H,31,33). The van der Waals surface area contributed by atoms with E-state index in [0.717, 1.165) is 11.1 Å². The SMILES string of the molecule is Cc1cc(C(C#N)c2ccc(Cl)cc2)c(Cl)cc1NC(=O)C12CCC(C)(C(=O)C1Br)C2(C)C. The lowest BCUT2D eigenvalue weighted by Gasteiger charge is -2.39. The van der Waals surface area contributed by atoms with Crippen molar-refractivity contribution in [2.45, 2.75) is 51.3 Å². The van der Waals surface area contributed by atoms with Gasteiger partial charge in [-0.1, -0.05) is 78.1 Å². The molecular formula is C26H25BrCl2N2O2. The Morgan fingerprint density at radius 1 is 1.18 bits per heavy atom. The van der Waals surface area contributed by atoms with Gasteiger partial charge >= 0.3 is 0 Å². The van der Waals surface area contributed by atoms with Crippen molar-refractivity contribution in [3.05, 3.63) is 63.1 Å². The van der Waals surface area contributed by atoms with Gasteiger partial charge in [0.05, 0.1) is 22.2 Å². The van der Waals surface area contributed by atoms with E-state index < -0.39 is 27.0 Å². The van der Waals surface area contributed by atoms with E-state index in [1.165, 1.54) is 0 Å². The van der Waals surface area contributed by atoms with Gasteiger partial charge in [0.25, 0.3) is 0 Å². The number of anilines is 1. The lowest BCUT2D eigenvalue weighted by Crippen LogP contribution is -2.48. The van der Waals surface area contributed by atoms with Crippen LogP contribution < -0.4 is 5.32 Å². The Morgan fingerprint density at radius 2 is 1.82 bits per heavy atom. The van der Waals surface area contributed by atoms with Gasteiger partial charge in [-0.05, 0) is 60.1 Å². The summed E-state index contributed by atoms with van der Waals surface area (Å²) in [6.45, 7) is 7.89. The number of amides is 1. The summed E-state index contributed by atoms with van der Waals surface area (Å²) >= 11 is 16.2. The number of nitrogens with one attached hydrogen (secondary N) is 1. The molecule has 4 rings (SSSR count). The fourth-order valence-corrected chi connectivity index (χ4v) is 7.64. The number of nitriles is 1. The molecule has 2 fully saturated rings. The highest BCUT2D eigenvalue weighted by Gasteiger charge is 2.76. The number of hydrogen-bond donors (Lipinski definition) is 1. The normalized spacial score (nSPS) is 28.4. The summed E-state index contributed by atoms with van der Waals surface area (Å²) in [5.74, 6) is -0.644. The first-order valence-electron chi connectivity index (χ1n) is 10.9. The second kappa shape index (κ2) is 8.12. The van der Waals surface area contributed by atoms with Crippen molar-refractivity contribution in [1.82, 2.24) is 0 Å². The molecule has 4 unspecified atom stereocenters. The van der Waals surface area contributed by atoms with Crippen LogP contribution in [-0.4, -0.2) is 16.5 Å². The van der Waals surface area contributed by atoms with E-state index in [1.54, 1.807) is 18.2 Å². The fraction of sp³-hybridized carbons (Fsp3) is 0.423. The van der Waals surface area contributed by atoms with Gasteiger partial charge < -0.3 is 5.32 Å². The van der Waals surface area contributed by atoms with Crippen LogP contribution in [-0.2, 0) is 9.59 Å². The number of rotatable bonds is 4. The summed E-state index contributed by atoms with van der Waals surface area (Å²) < 4.78 is 0. The maximum Gasteiger partial charge on any atom is 0.232 e. The second-order valence-electron chi connectivity index (χ2n) is 9.91. The molecule has 0 aliphatic heterocycles. The van der Waals surface area contributed by atoms with Crippen LogP contribution in [0.25, 0.3) is 0 Å². The number of fused-ring (bicyclic) bond motifs is 2. The van der Waals surface area contributed by atoms with E-state index in [1.807, 2.05) is 45.9 Å². The highest BCUT2D eigenvalue weighted by molar-refractivity contribution is 9.10. The Hall–Kier alpha value is -1.87. The van der Waals surface area contributed by atoms with E-state index in [2.05, 4.69) is 27.3 Å². The third-order valence-corrected chi connectivity index (χ3v) is 10.1. The molecule has 2 saturated carbocycles. The molecule has 33 heavy (non-hydrogen) atoms. The van der Waals surface area contributed by atoms with Crippen molar-refractivity contribution >= 4 is 56.5 Å². The van der Waals surface area contributed by atoms with Crippen molar-refractivity contribution < 1.29 is 9.59 Å². The minimum absolute atomic E-state index is 0.0961. The Kier molecular flexibility index (Phi) is 5.97. The second-order valence-corrected chi connectivity index (χ2v) is 11.7. The van der Waals surface area contributed by atoms with Crippen molar-refractivity contribution in [1.29, 1.82) is 5.26 Å². The largest absolute Gasteiger partial charge is 0.325 e. The molecule has 0 radical (unpaired) electrons. The van der Waals surface area contributed by atoms with Crippen molar-refractivity contribution in [2.75, 3.05) is 5.32 Å².